The van der Waals surface area contributed by atoms with Crippen LogP contribution >= 0.6 is 0 Å². The third-order valence-electron chi connectivity index (χ3n) is 18.5. The molecule has 5 aliphatic rings. The highest BCUT2D eigenvalue weighted by Gasteiger charge is 2.51. The number of benzene rings is 2. The maximum Gasteiger partial charge on any atom is 0.312 e. The molecule has 6 amide bonds. The van der Waals surface area contributed by atoms with Crippen molar-refractivity contribution in [2.45, 2.75) is 109 Å². The number of rotatable bonds is 34. The Bertz CT molecular complexity index is 3390. The number of ketones is 1. The number of fused-ring (bicyclic) bond motifs is 2. The number of carbonyl (C=O) groups excluding carboxylic acids is 7. The molecule has 3 saturated heterocycles. The van der Waals surface area contributed by atoms with E-state index in [2.05, 4.69) is 87.0 Å². The summed E-state index contributed by atoms with van der Waals surface area (Å²) in [5, 5.41) is 15.2. The molecule has 512 valence electrons. The highest BCUT2D eigenvalue weighted by atomic mass is 16.5. The maximum absolute atomic E-state index is 14.0. The monoisotopic (exact) mass is 1310 g/mol. The number of carbonyl (C=O) groups is 7. The smallest absolute Gasteiger partial charge is 0.312 e. The number of Topliss-reactive ketones (excluding diaryl/α,β-unsaturated/α-hetero) is 1. The standard InChI is InChI=1S/C68H94N16O11/c1-45(2)62(47(4)86)58-40-60(78-95-58)93-36-33-81-31-32-82(46(3)41-81)34-37-92-59-38-50(22-26-71-59)84-51-20-21-52(84)43-83(42-51)56-39-55(76-77-63(56)69)53-12-7-8-14-57(53)94-44-48-16-18-49(19-17-48)74-64(88)54(13-9-25-73-67(70)91)75-66(90)68(23-11-24-68)65(89)72-27-28-79(5)29-30-80(6)61(87)15-10-35-85/h7-8,10,12,14-19,22,26,35,38-40,45-46,51-52,54,62,76-77H,9,11,13,20-21,23-25,27-34,36-37,41-44,69H2,1-6H3,(H,72,89)(H,74,88)(H,75,90)(H3,70,73,91)/b15-10-. The largest absolute Gasteiger partial charge is 0.488 e. The van der Waals surface area contributed by atoms with Crippen molar-refractivity contribution in [2.75, 3.05) is 116 Å². The summed E-state index contributed by atoms with van der Waals surface area (Å²) in [4.78, 5) is 106. The van der Waals surface area contributed by atoms with Gasteiger partial charge in [-0.25, -0.2) is 9.78 Å². The molecule has 10 N–H and O–H groups in total. The van der Waals surface area contributed by atoms with Crippen LogP contribution in [0.2, 0.25) is 0 Å². The molecule has 1 saturated carbocycles. The Labute approximate surface area is 555 Å². The minimum Gasteiger partial charge on any atom is -0.488 e. The van der Waals surface area contributed by atoms with Crippen LogP contribution in [0.3, 0.4) is 0 Å². The fraction of sp³-hybridized carbons (Fsp3) is 0.515. The van der Waals surface area contributed by atoms with E-state index in [1.807, 2.05) is 68.4 Å². The third kappa shape index (κ3) is 18.6. The number of nitrogens with zero attached hydrogens (tertiary/aromatic N) is 8. The molecular weight excluding hydrogens is 1220 g/mol. The molecule has 95 heavy (non-hydrogen) atoms. The van der Waals surface area contributed by atoms with E-state index in [1.54, 1.807) is 32.2 Å². The van der Waals surface area contributed by atoms with Crippen LogP contribution in [0, 0.1) is 11.3 Å². The molecule has 4 aliphatic heterocycles. The van der Waals surface area contributed by atoms with Gasteiger partial charge >= 0.3 is 6.03 Å². The van der Waals surface area contributed by atoms with E-state index >= 15 is 0 Å². The van der Waals surface area contributed by atoms with Crippen LogP contribution in [-0.2, 0) is 35.4 Å². The van der Waals surface area contributed by atoms with Gasteiger partial charge in [-0.05, 0) is 119 Å². The lowest BCUT2D eigenvalue weighted by molar-refractivity contribution is -0.151. The van der Waals surface area contributed by atoms with E-state index in [9.17, 15) is 33.6 Å². The number of hydrazine groups is 1. The van der Waals surface area contributed by atoms with Crippen LogP contribution in [0.4, 0.5) is 16.2 Å². The predicted molar refractivity (Wildman–Crippen MR) is 358 cm³/mol. The van der Waals surface area contributed by atoms with Crippen molar-refractivity contribution < 1.29 is 52.3 Å². The van der Waals surface area contributed by atoms with Gasteiger partial charge in [-0.1, -0.05) is 44.5 Å². The first-order valence-corrected chi connectivity index (χ1v) is 33.0. The van der Waals surface area contributed by atoms with E-state index in [4.69, 9.17) is 30.2 Å². The number of anilines is 2. The first kappa shape index (κ1) is 70.1. The molecule has 2 aromatic carbocycles. The lowest BCUT2D eigenvalue weighted by Gasteiger charge is -2.44. The van der Waals surface area contributed by atoms with Crippen LogP contribution in [0.1, 0.15) is 95.4 Å². The van der Waals surface area contributed by atoms with Gasteiger partial charge in [-0.3, -0.25) is 49.4 Å². The number of urea groups is 1. The number of hydrogen-bond acceptors (Lipinski definition) is 21. The normalized spacial score (nSPS) is 19.2. The average molecular weight is 1310 g/mol. The zero-order chi connectivity index (χ0) is 67.6. The van der Waals surface area contributed by atoms with Crippen LogP contribution in [0.15, 0.2) is 107 Å². The number of nitrogens with one attached hydrogen (secondary N) is 6. The van der Waals surface area contributed by atoms with Crippen molar-refractivity contribution in [3.05, 3.63) is 120 Å². The number of aldehydes is 1. The minimum absolute atomic E-state index is 0.0480. The number of likely N-dealkylation sites (tertiary alicyclic amines) is 1. The molecule has 9 rings (SSSR count). The predicted octanol–water partition coefficient (Wildman–Crippen LogP) is 3.67. The second-order valence-electron chi connectivity index (χ2n) is 25.6. The van der Waals surface area contributed by atoms with E-state index in [-0.39, 0.29) is 61.7 Å². The molecule has 4 aromatic rings. The van der Waals surface area contributed by atoms with Gasteiger partial charge in [0.15, 0.2) is 5.76 Å². The number of para-hydroxylation sites is 1. The second-order valence-corrected chi connectivity index (χ2v) is 25.6. The summed E-state index contributed by atoms with van der Waals surface area (Å²) in [6.07, 6.45) is 10.6. The molecule has 2 bridgehead atoms. The molecule has 4 fully saturated rings. The SMILES string of the molecule is CC(=O)C(c1cc(OCCN2CCN(CCOc3cc(N4C5CCC4CN(C4=C(N)NNC(c6ccccc6OCc6ccc(NC(=O)C(CCCNC(N)=O)NC(=O)C7(C(=O)NCCN(C)CCN(C)C(=O)/C=C\C=O)CCC7)cc6)=C4)C5)ccn3)C(C)C2)no1)C(C)C. The van der Waals surface area contributed by atoms with Gasteiger partial charge in [-0.15, -0.1) is 0 Å². The van der Waals surface area contributed by atoms with Crippen molar-refractivity contribution >= 4 is 58.8 Å². The summed E-state index contributed by atoms with van der Waals surface area (Å²) in [6, 6.07) is 19.9. The Morgan fingerprint density at radius 2 is 1.61 bits per heavy atom. The summed E-state index contributed by atoms with van der Waals surface area (Å²) in [5.41, 5.74) is 22.1. The first-order valence-electron chi connectivity index (χ1n) is 33.0. The number of primary amides is 1. The maximum atomic E-state index is 14.0. The molecule has 27 nitrogen and oxygen atoms in total. The van der Waals surface area contributed by atoms with Gasteiger partial charge in [0.2, 0.25) is 29.5 Å². The van der Waals surface area contributed by atoms with E-state index in [1.165, 1.54) is 11.0 Å². The van der Waals surface area contributed by atoms with Gasteiger partial charge in [0.05, 0.1) is 17.3 Å². The number of aromatic nitrogens is 2. The number of allylic oxidation sites excluding steroid dienone is 2. The van der Waals surface area contributed by atoms with Crippen LogP contribution < -0.4 is 62.7 Å². The Hall–Kier alpha value is -9.21. The zero-order valence-electron chi connectivity index (χ0n) is 55.5. The molecule has 6 heterocycles. The van der Waals surface area contributed by atoms with E-state index in [0.29, 0.717) is 106 Å². The number of ether oxygens (including phenoxy) is 3. The summed E-state index contributed by atoms with van der Waals surface area (Å²) in [5.74, 6) is 0.769. The molecule has 5 unspecified atom stereocenters. The molecular formula is C68H94N16O11. The molecule has 0 radical (unpaired) electrons. The Morgan fingerprint density at radius 3 is 2.32 bits per heavy atom. The van der Waals surface area contributed by atoms with Crippen LogP contribution in [0.5, 0.6) is 17.5 Å². The van der Waals surface area contributed by atoms with Gasteiger partial charge in [-0.2, -0.15) is 0 Å². The van der Waals surface area contributed by atoms with Crippen molar-refractivity contribution in [1.82, 2.24) is 61.4 Å². The Morgan fingerprint density at radius 1 is 0.863 bits per heavy atom. The third-order valence-corrected chi connectivity index (χ3v) is 18.5. The van der Waals surface area contributed by atoms with Crippen molar-refractivity contribution in [1.29, 1.82) is 0 Å². The highest BCUT2D eigenvalue weighted by molar-refractivity contribution is 6.08. The molecule has 1 aliphatic carbocycles. The number of likely N-dealkylation sites (N-methyl/N-ethyl adjacent to an activating group) is 2. The highest BCUT2D eigenvalue weighted by Crippen LogP contribution is 2.42. The topological polar surface area (TPSA) is 330 Å². The van der Waals surface area contributed by atoms with E-state index in [0.717, 1.165) is 92.9 Å². The molecule has 0 spiro atoms. The van der Waals surface area contributed by atoms with Gasteiger partial charge in [0, 0.05) is 145 Å². The van der Waals surface area contributed by atoms with Crippen molar-refractivity contribution in [3.8, 4) is 17.5 Å². The Kier molecular flexibility index (Phi) is 24.5. The second kappa shape index (κ2) is 33.3. The summed E-state index contributed by atoms with van der Waals surface area (Å²) < 4.78 is 24.2. The lowest BCUT2D eigenvalue weighted by Crippen LogP contribution is -2.59. The number of hydrogen-bond donors (Lipinski definition) is 8. The quantitative estimate of drug-likeness (QED) is 0.0143. The number of nitrogens with two attached hydrogens (primary N) is 2. The number of piperazine rings is 2. The van der Waals surface area contributed by atoms with Gasteiger partial charge in [0.1, 0.15) is 54.9 Å². The van der Waals surface area contributed by atoms with Gasteiger partial charge < -0.3 is 71.1 Å². The van der Waals surface area contributed by atoms with Gasteiger partial charge in [0.25, 0.3) is 5.88 Å². The molecule has 5 atom stereocenters. The van der Waals surface area contributed by atoms with Crippen LogP contribution in [0.25, 0.3) is 5.70 Å². The molecule has 27 heteroatoms. The number of pyridine rings is 1. The minimum atomic E-state index is -1.35. The Balaban J connectivity index is 0.733. The fourth-order valence-electron chi connectivity index (χ4n) is 13.0. The number of amides is 6. The molecule has 2 aromatic heterocycles. The fourth-order valence-corrected chi connectivity index (χ4v) is 13.0. The summed E-state index contributed by atoms with van der Waals surface area (Å²) in [6.45, 7) is 16.6. The average Bonchev–Trinajstić information content (AvgIpc) is 1.76. The first-order chi connectivity index (χ1) is 45.8. The summed E-state index contributed by atoms with van der Waals surface area (Å²) in [7, 11) is 3.48. The van der Waals surface area contributed by atoms with Crippen molar-refractivity contribution in [2.24, 2.45) is 22.8 Å². The van der Waals surface area contributed by atoms with Crippen molar-refractivity contribution in [3.63, 3.8) is 0 Å². The summed E-state index contributed by atoms with van der Waals surface area (Å²) >= 11 is 0. The van der Waals surface area contributed by atoms with E-state index < -0.39 is 35.2 Å². The van der Waals surface area contributed by atoms with Crippen LogP contribution in [-0.4, -0.2) is 206 Å². The zero-order valence-corrected chi connectivity index (χ0v) is 55.5. The lowest BCUT2D eigenvalue weighted by atomic mass is 9.67.